The molecule has 0 aromatic heterocycles. The van der Waals surface area contributed by atoms with Gasteiger partial charge in [-0.25, -0.2) is 0 Å². The normalized spacial score (nSPS) is 14.8. The van der Waals surface area contributed by atoms with Crippen molar-refractivity contribution in [2.75, 3.05) is 46.4 Å². The highest BCUT2D eigenvalue weighted by Gasteiger charge is 2.22. The molecule has 1 aromatic rings. The van der Waals surface area contributed by atoms with Crippen LogP contribution in [0, 0.1) is 0 Å². The molecule has 1 amide bonds. The van der Waals surface area contributed by atoms with Gasteiger partial charge in [-0.1, -0.05) is 18.2 Å². The summed E-state index contributed by atoms with van der Waals surface area (Å²) in [5, 5.41) is 4.00. The van der Waals surface area contributed by atoms with Crippen molar-refractivity contribution in [1.82, 2.24) is 15.1 Å². The molecule has 1 fully saturated rings. The van der Waals surface area contributed by atoms with Crippen LogP contribution in [0.25, 0.3) is 0 Å². The van der Waals surface area contributed by atoms with E-state index >= 15 is 0 Å². The van der Waals surface area contributed by atoms with Crippen LogP contribution in [0.15, 0.2) is 30.3 Å². The Hall–Kier alpha value is -1.66. The number of rotatable bonds is 5. The summed E-state index contributed by atoms with van der Waals surface area (Å²) in [5.41, 5.74) is 0.746. The van der Waals surface area contributed by atoms with Crippen molar-refractivity contribution in [3.63, 3.8) is 0 Å². The Morgan fingerprint density at radius 2 is 1.82 bits per heavy atom. The maximum absolute atomic E-state index is 12.4. The van der Waals surface area contributed by atoms with Crippen LogP contribution >= 0.6 is 12.2 Å². The Kier molecular flexibility index (Phi) is 6.61. The summed E-state index contributed by atoms with van der Waals surface area (Å²) in [6.45, 7) is 4.50. The summed E-state index contributed by atoms with van der Waals surface area (Å²) < 4.78 is 5.01. The molecule has 0 spiro atoms. The summed E-state index contributed by atoms with van der Waals surface area (Å²) in [5.74, 6) is 0.0965. The lowest BCUT2D eigenvalue weighted by Crippen LogP contribution is -2.53. The molecule has 0 radical (unpaired) electrons. The SMILES string of the molecule is COCCCNC(=S)N1CCN(C(=O)c2ccccc2)CC1. The zero-order valence-electron chi connectivity index (χ0n) is 13.0. The fourth-order valence-corrected chi connectivity index (χ4v) is 2.68. The van der Waals surface area contributed by atoms with Crippen LogP contribution in [0.4, 0.5) is 0 Å². The lowest BCUT2D eigenvalue weighted by atomic mass is 10.2. The van der Waals surface area contributed by atoms with Crippen LogP contribution < -0.4 is 5.32 Å². The molecule has 0 aliphatic carbocycles. The van der Waals surface area contributed by atoms with Gasteiger partial charge in [0.15, 0.2) is 5.11 Å². The Morgan fingerprint density at radius 1 is 1.18 bits per heavy atom. The first kappa shape index (κ1) is 16.7. The van der Waals surface area contributed by atoms with Gasteiger partial charge in [0.1, 0.15) is 0 Å². The third-order valence-electron chi connectivity index (χ3n) is 3.68. The van der Waals surface area contributed by atoms with Crippen LogP contribution in [0.1, 0.15) is 16.8 Å². The van der Waals surface area contributed by atoms with Crippen LogP contribution in [0.3, 0.4) is 0 Å². The second-order valence-electron chi connectivity index (χ2n) is 5.22. The van der Waals surface area contributed by atoms with Gasteiger partial charge < -0.3 is 19.9 Å². The number of hydrogen-bond acceptors (Lipinski definition) is 3. The molecule has 0 bridgehead atoms. The molecule has 1 N–H and O–H groups in total. The Bertz CT molecular complexity index is 487. The average molecular weight is 321 g/mol. The lowest BCUT2D eigenvalue weighted by molar-refractivity contribution is 0.0691. The third-order valence-corrected chi connectivity index (χ3v) is 4.08. The highest BCUT2D eigenvalue weighted by Crippen LogP contribution is 2.08. The Morgan fingerprint density at radius 3 is 2.45 bits per heavy atom. The molecular formula is C16H23N3O2S. The summed E-state index contributed by atoms with van der Waals surface area (Å²) in [6, 6.07) is 9.42. The monoisotopic (exact) mass is 321 g/mol. The number of nitrogens with one attached hydrogen (secondary N) is 1. The van der Waals surface area contributed by atoms with Crippen LogP contribution in [0.5, 0.6) is 0 Å². The van der Waals surface area contributed by atoms with Gasteiger partial charge in [-0.2, -0.15) is 0 Å². The maximum Gasteiger partial charge on any atom is 0.253 e. The molecule has 0 saturated carbocycles. The van der Waals surface area contributed by atoms with Crippen LogP contribution in [0.2, 0.25) is 0 Å². The van der Waals surface area contributed by atoms with Gasteiger partial charge in [0.2, 0.25) is 0 Å². The molecule has 1 aliphatic heterocycles. The van der Waals surface area contributed by atoms with Crippen LogP contribution in [-0.4, -0.2) is 67.3 Å². The summed E-state index contributed by atoms with van der Waals surface area (Å²) in [6.07, 6.45) is 0.934. The van der Waals surface area contributed by atoms with Crippen molar-refractivity contribution < 1.29 is 9.53 Å². The van der Waals surface area contributed by atoms with Gasteiger partial charge in [-0.15, -0.1) is 0 Å². The number of thiocarbonyl (C=S) groups is 1. The van der Waals surface area contributed by atoms with E-state index in [1.165, 1.54) is 0 Å². The minimum atomic E-state index is 0.0965. The van der Waals surface area contributed by atoms with E-state index in [4.69, 9.17) is 17.0 Å². The summed E-state index contributed by atoms with van der Waals surface area (Å²) in [4.78, 5) is 16.4. The van der Waals surface area contributed by atoms with Gasteiger partial charge >= 0.3 is 0 Å². The standard InChI is InChI=1S/C16H23N3O2S/c1-21-13-5-8-17-16(22)19-11-9-18(10-12-19)15(20)14-6-3-2-4-7-14/h2-4,6-7H,5,8-13H2,1H3,(H,17,22). The first-order valence-corrected chi connectivity index (χ1v) is 7.99. The second kappa shape index (κ2) is 8.70. The van der Waals surface area contributed by atoms with Crippen molar-refractivity contribution in [3.05, 3.63) is 35.9 Å². The molecule has 0 atom stereocenters. The lowest BCUT2D eigenvalue weighted by Gasteiger charge is -2.36. The van der Waals surface area contributed by atoms with Crippen molar-refractivity contribution in [2.45, 2.75) is 6.42 Å². The fourth-order valence-electron chi connectivity index (χ4n) is 2.40. The summed E-state index contributed by atoms with van der Waals surface area (Å²) in [7, 11) is 1.70. The van der Waals surface area contributed by atoms with Gasteiger partial charge in [0.05, 0.1) is 0 Å². The molecule has 22 heavy (non-hydrogen) atoms. The molecule has 6 heteroatoms. The number of piperazine rings is 1. The maximum atomic E-state index is 12.4. The summed E-state index contributed by atoms with van der Waals surface area (Å²) >= 11 is 5.39. The predicted octanol–water partition coefficient (Wildman–Crippen LogP) is 1.36. The number of amides is 1. The third kappa shape index (κ3) is 4.68. The first-order chi connectivity index (χ1) is 10.7. The molecule has 1 aromatic carbocycles. The second-order valence-corrected chi connectivity index (χ2v) is 5.61. The van der Waals surface area contributed by atoms with Crippen molar-refractivity contribution in [2.24, 2.45) is 0 Å². The molecule has 0 unspecified atom stereocenters. The van der Waals surface area contributed by atoms with Gasteiger partial charge in [-0.3, -0.25) is 4.79 Å². The predicted molar refractivity (Wildman–Crippen MR) is 91.0 cm³/mol. The largest absolute Gasteiger partial charge is 0.385 e. The average Bonchev–Trinajstić information content (AvgIpc) is 2.59. The zero-order chi connectivity index (χ0) is 15.8. The number of hydrogen-bond donors (Lipinski definition) is 1. The molecule has 120 valence electrons. The van der Waals surface area contributed by atoms with Crippen molar-refractivity contribution in [1.29, 1.82) is 0 Å². The molecule has 1 saturated heterocycles. The molecule has 2 rings (SSSR count). The highest BCUT2D eigenvalue weighted by atomic mass is 32.1. The smallest absolute Gasteiger partial charge is 0.253 e. The Balaban J connectivity index is 1.75. The number of nitrogens with zero attached hydrogens (tertiary/aromatic N) is 2. The zero-order valence-corrected chi connectivity index (χ0v) is 13.8. The van der Waals surface area contributed by atoms with E-state index in [-0.39, 0.29) is 5.91 Å². The quantitative estimate of drug-likeness (QED) is 0.655. The molecule has 5 nitrogen and oxygen atoms in total. The molecular weight excluding hydrogens is 298 g/mol. The molecule has 1 heterocycles. The van der Waals surface area contributed by atoms with E-state index in [0.717, 1.165) is 43.3 Å². The van der Waals surface area contributed by atoms with Crippen molar-refractivity contribution >= 4 is 23.2 Å². The number of methoxy groups -OCH3 is 1. The van der Waals surface area contributed by atoms with Gasteiger partial charge in [0.25, 0.3) is 5.91 Å². The van der Waals surface area contributed by atoms with E-state index in [2.05, 4.69) is 10.2 Å². The van der Waals surface area contributed by atoms with E-state index in [1.807, 2.05) is 35.2 Å². The van der Waals surface area contributed by atoms with E-state index in [9.17, 15) is 4.79 Å². The topological polar surface area (TPSA) is 44.8 Å². The number of carbonyl (C=O) groups is 1. The minimum Gasteiger partial charge on any atom is -0.385 e. The number of benzene rings is 1. The first-order valence-electron chi connectivity index (χ1n) is 7.58. The van der Waals surface area contributed by atoms with E-state index in [1.54, 1.807) is 7.11 Å². The van der Waals surface area contributed by atoms with Crippen molar-refractivity contribution in [3.8, 4) is 0 Å². The molecule has 1 aliphatic rings. The van der Waals surface area contributed by atoms with E-state index < -0.39 is 0 Å². The van der Waals surface area contributed by atoms with Gasteiger partial charge in [-0.05, 0) is 30.8 Å². The van der Waals surface area contributed by atoms with E-state index in [0.29, 0.717) is 13.1 Å². The minimum absolute atomic E-state index is 0.0965. The number of ether oxygens (including phenoxy) is 1. The van der Waals surface area contributed by atoms with Crippen LogP contribution in [-0.2, 0) is 4.74 Å². The highest BCUT2D eigenvalue weighted by molar-refractivity contribution is 7.80. The van der Waals surface area contributed by atoms with Gasteiger partial charge in [0, 0.05) is 52.0 Å². The number of carbonyl (C=O) groups excluding carboxylic acids is 1. The Labute approximate surface area is 137 Å². The fraction of sp³-hybridized carbons (Fsp3) is 0.500.